The van der Waals surface area contributed by atoms with Gasteiger partial charge in [0.05, 0.1) is 23.6 Å². The van der Waals surface area contributed by atoms with E-state index in [0.717, 1.165) is 43.2 Å². The first-order valence-corrected chi connectivity index (χ1v) is 11.0. The van der Waals surface area contributed by atoms with Gasteiger partial charge in [0.2, 0.25) is 0 Å². The molecule has 1 aliphatic heterocycles. The van der Waals surface area contributed by atoms with Crippen LogP contribution in [0.5, 0.6) is 0 Å². The van der Waals surface area contributed by atoms with Gasteiger partial charge in [-0.1, -0.05) is 29.8 Å². The minimum atomic E-state index is -1.08. The fraction of sp³-hybridized carbons (Fsp3) is 0.333. The van der Waals surface area contributed by atoms with E-state index in [9.17, 15) is 9.59 Å². The Kier molecular flexibility index (Phi) is 8.14. The zero-order valence-electron chi connectivity index (χ0n) is 18.0. The molecular weight excluding hydrogens is 430 g/mol. The number of hydrogen-bond donors (Lipinski definition) is 4. The molecule has 0 saturated carbocycles. The molecule has 0 atom stereocenters. The molecule has 8 heteroatoms. The molecule has 0 spiro atoms. The van der Waals surface area contributed by atoms with Gasteiger partial charge in [-0.05, 0) is 66.2 Å². The number of fused-ring (bicyclic) bond motifs is 2. The molecule has 1 aliphatic rings. The summed E-state index contributed by atoms with van der Waals surface area (Å²) in [5, 5.41) is 24.9. The van der Waals surface area contributed by atoms with E-state index in [-0.39, 0.29) is 12.8 Å². The quantitative estimate of drug-likeness (QED) is 0.445. The minimum absolute atomic E-state index is 0.296. The molecule has 32 heavy (non-hydrogen) atoms. The van der Waals surface area contributed by atoms with Crippen LogP contribution in [0, 0.1) is 0 Å². The maximum absolute atomic E-state index is 9.64. The van der Waals surface area contributed by atoms with Crippen molar-refractivity contribution in [3.05, 3.63) is 64.3 Å². The lowest BCUT2D eigenvalue weighted by atomic mass is 10.0. The van der Waals surface area contributed by atoms with E-state index in [4.69, 9.17) is 21.8 Å². The van der Waals surface area contributed by atoms with Gasteiger partial charge < -0.3 is 25.4 Å². The number of anilines is 1. The fourth-order valence-corrected chi connectivity index (χ4v) is 4.00. The number of aliphatic carboxylic acids is 2. The number of nitrogens with one attached hydrogen (secondary N) is 2. The summed E-state index contributed by atoms with van der Waals surface area (Å²) in [4.78, 5) is 19.3. The molecular formula is C24H28ClN3O4. The number of carbonyl (C=O) groups is 2. The van der Waals surface area contributed by atoms with Gasteiger partial charge in [-0.15, -0.1) is 0 Å². The topological polar surface area (TPSA) is 104 Å². The van der Waals surface area contributed by atoms with Gasteiger partial charge in [-0.3, -0.25) is 9.59 Å². The Bertz CT molecular complexity index is 1100. The van der Waals surface area contributed by atoms with E-state index in [2.05, 4.69) is 58.8 Å². The average molecular weight is 458 g/mol. The smallest absolute Gasteiger partial charge is 0.303 e. The van der Waals surface area contributed by atoms with Crippen LogP contribution in [0.25, 0.3) is 10.9 Å². The molecule has 0 saturated heterocycles. The zero-order chi connectivity index (χ0) is 23.1. The summed E-state index contributed by atoms with van der Waals surface area (Å²) in [7, 11) is 2.08. The van der Waals surface area contributed by atoms with Crippen molar-refractivity contribution >= 4 is 40.1 Å². The number of aryl methyl sites for hydroxylation is 1. The van der Waals surface area contributed by atoms with Crippen LogP contribution >= 0.6 is 11.6 Å². The average Bonchev–Trinajstić information content (AvgIpc) is 2.97. The Hall–Kier alpha value is -3.03. The monoisotopic (exact) mass is 457 g/mol. The van der Waals surface area contributed by atoms with E-state index in [0.29, 0.717) is 0 Å². The number of carboxylic acid groups (broad SMARTS) is 2. The predicted molar refractivity (Wildman–Crippen MR) is 126 cm³/mol. The lowest BCUT2D eigenvalue weighted by Gasteiger charge is -2.16. The molecule has 0 amide bonds. The highest BCUT2D eigenvalue weighted by Gasteiger charge is 2.14. The summed E-state index contributed by atoms with van der Waals surface area (Å²) in [6.45, 7) is 2.83. The Morgan fingerprint density at radius 2 is 1.78 bits per heavy atom. The predicted octanol–water partition coefficient (Wildman–Crippen LogP) is 4.07. The summed E-state index contributed by atoms with van der Waals surface area (Å²) in [5.74, 6) is -2.15. The van der Waals surface area contributed by atoms with Crippen LogP contribution in [0.2, 0.25) is 5.02 Å². The van der Waals surface area contributed by atoms with E-state index < -0.39 is 11.9 Å². The van der Waals surface area contributed by atoms with Gasteiger partial charge in [0.15, 0.2) is 0 Å². The van der Waals surface area contributed by atoms with Crippen molar-refractivity contribution in [3.8, 4) is 0 Å². The van der Waals surface area contributed by atoms with E-state index in [1.165, 1.54) is 27.6 Å². The highest BCUT2D eigenvalue weighted by atomic mass is 35.5. The number of carboxylic acids is 2. The van der Waals surface area contributed by atoms with Crippen LogP contribution in [0.3, 0.4) is 0 Å². The molecule has 2 heterocycles. The third-order valence-corrected chi connectivity index (χ3v) is 5.77. The van der Waals surface area contributed by atoms with Crippen molar-refractivity contribution in [2.45, 2.75) is 32.2 Å². The number of halogens is 1. The van der Waals surface area contributed by atoms with Gasteiger partial charge in [-0.25, -0.2) is 0 Å². The number of aromatic nitrogens is 1. The fourth-order valence-electron chi connectivity index (χ4n) is 3.76. The second kappa shape index (κ2) is 11.0. The van der Waals surface area contributed by atoms with Gasteiger partial charge in [0.25, 0.3) is 0 Å². The molecule has 170 valence electrons. The molecule has 0 unspecified atom stereocenters. The van der Waals surface area contributed by atoms with E-state index in [1.54, 1.807) is 0 Å². The molecule has 7 nitrogen and oxygen atoms in total. The molecule has 0 radical (unpaired) electrons. The minimum Gasteiger partial charge on any atom is -0.481 e. The Labute approximate surface area is 192 Å². The summed E-state index contributed by atoms with van der Waals surface area (Å²) in [6.07, 6.45) is 3.60. The maximum Gasteiger partial charge on any atom is 0.303 e. The van der Waals surface area contributed by atoms with Crippen LogP contribution < -0.4 is 10.6 Å². The van der Waals surface area contributed by atoms with Crippen LogP contribution in [-0.2, 0) is 36.0 Å². The van der Waals surface area contributed by atoms with Crippen molar-refractivity contribution in [2.75, 3.05) is 18.4 Å². The van der Waals surface area contributed by atoms with Gasteiger partial charge in [-0.2, -0.15) is 0 Å². The van der Waals surface area contributed by atoms with Crippen LogP contribution in [-0.4, -0.2) is 39.8 Å². The SMILES string of the molecule is Cn1ccc2ccc(CNc3c(Cl)ccc4c3CCNCC4)cc21.O=C(O)CCC(=O)O. The van der Waals surface area contributed by atoms with E-state index in [1.807, 2.05) is 6.07 Å². The largest absolute Gasteiger partial charge is 0.481 e. The van der Waals surface area contributed by atoms with E-state index >= 15 is 0 Å². The second-order valence-electron chi connectivity index (χ2n) is 7.77. The highest BCUT2D eigenvalue weighted by Crippen LogP contribution is 2.31. The molecule has 4 rings (SSSR count). The second-order valence-corrected chi connectivity index (χ2v) is 8.18. The number of hydrogen-bond acceptors (Lipinski definition) is 4. The van der Waals surface area contributed by atoms with Crippen LogP contribution in [0.1, 0.15) is 29.5 Å². The maximum atomic E-state index is 9.64. The van der Waals surface area contributed by atoms with Crippen molar-refractivity contribution in [1.29, 1.82) is 0 Å². The van der Waals surface area contributed by atoms with Crippen molar-refractivity contribution < 1.29 is 19.8 Å². The summed E-state index contributed by atoms with van der Waals surface area (Å²) >= 11 is 6.50. The normalized spacial score (nSPS) is 12.9. The molecule has 0 bridgehead atoms. The Morgan fingerprint density at radius 1 is 1.06 bits per heavy atom. The van der Waals surface area contributed by atoms with Crippen LogP contribution in [0.4, 0.5) is 5.69 Å². The summed E-state index contributed by atoms with van der Waals surface area (Å²) < 4.78 is 2.16. The number of nitrogens with zero attached hydrogens (tertiary/aromatic N) is 1. The number of benzene rings is 2. The van der Waals surface area contributed by atoms with Gasteiger partial charge in [0.1, 0.15) is 0 Å². The van der Waals surface area contributed by atoms with Gasteiger partial charge in [0, 0.05) is 25.3 Å². The molecule has 4 N–H and O–H groups in total. The lowest BCUT2D eigenvalue weighted by molar-refractivity contribution is -0.143. The first-order valence-electron chi connectivity index (χ1n) is 10.6. The number of rotatable bonds is 6. The van der Waals surface area contributed by atoms with Crippen molar-refractivity contribution in [3.63, 3.8) is 0 Å². The van der Waals surface area contributed by atoms with Crippen molar-refractivity contribution in [1.82, 2.24) is 9.88 Å². The Morgan fingerprint density at radius 3 is 2.50 bits per heavy atom. The third kappa shape index (κ3) is 6.24. The Balaban J connectivity index is 0.000000312. The summed E-state index contributed by atoms with van der Waals surface area (Å²) in [5.41, 5.74) is 6.41. The molecule has 0 fully saturated rings. The lowest BCUT2D eigenvalue weighted by Crippen LogP contribution is -2.16. The third-order valence-electron chi connectivity index (χ3n) is 5.46. The molecule has 3 aromatic rings. The van der Waals surface area contributed by atoms with Crippen LogP contribution in [0.15, 0.2) is 42.6 Å². The molecule has 0 aliphatic carbocycles. The zero-order valence-corrected chi connectivity index (χ0v) is 18.8. The van der Waals surface area contributed by atoms with Gasteiger partial charge >= 0.3 is 11.9 Å². The molecule has 1 aromatic heterocycles. The molecule has 2 aromatic carbocycles. The first kappa shape index (κ1) is 23.6. The first-order chi connectivity index (χ1) is 15.3. The standard InChI is InChI=1S/C20H22ClN3.C4H6O4/c1-24-11-8-16-3-2-14(12-19(16)24)13-23-20-17-7-10-22-9-6-15(17)4-5-18(20)21;5-3(6)1-2-4(7)8/h2-5,8,11-12,22-23H,6-7,9-10,13H2,1H3;1-2H2,(H,5,6)(H,7,8). The summed E-state index contributed by atoms with van der Waals surface area (Å²) in [6, 6.07) is 13.0. The van der Waals surface area contributed by atoms with Crippen molar-refractivity contribution in [2.24, 2.45) is 7.05 Å². The highest BCUT2D eigenvalue weighted by molar-refractivity contribution is 6.33.